The summed E-state index contributed by atoms with van der Waals surface area (Å²) in [6.45, 7) is 3.66. The number of rotatable bonds is 1. The zero-order chi connectivity index (χ0) is 12.5. The largest absolute Gasteiger partial charge is 0.339 e. The summed E-state index contributed by atoms with van der Waals surface area (Å²) in [6, 6.07) is 0. The van der Waals surface area contributed by atoms with Gasteiger partial charge in [-0.3, -0.25) is 0 Å². The molecule has 0 spiro atoms. The van der Waals surface area contributed by atoms with E-state index in [-0.39, 0.29) is 4.48 Å². The predicted molar refractivity (Wildman–Crippen MR) is 64.4 cm³/mol. The summed E-state index contributed by atoms with van der Waals surface area (Å²) in [5.74, 6) is 2.37. The van der Waals surface area contributed by atoms with E-state index in [1.165, 1.54) is 0 Å². The Morgan fingerprint density at radius 1 is 1.06 bits per heavy atom. The maximum Gasteiger partial charge on any atom is 0.339 e. The molecule has 1 aromatic heterocycles. The summed E-state index contributed by atoms with van der Waals surface area (Å²) in [4.78, 5) is 14.5. The zero-order valence-corrected chi connectivity index (χ0v) is 10.7. The molecule has 1 N–H and O–H groups in total. The minimum atomic E-state index is 0.206. The molecule has 16 heavy (non-hydrogen) atoms. The zero-order valence-electron chi connectivity index (χ0n) is 10.7. The van der Waals surface area contributed by atoms with Gasteiger partial charge in [-0.2, -0.15) is 14.5 Å². The Kier molecular flexibility index (Phi) is 3.23. The number of nitrogens with one attached hydrogen (secondary N) is 1. The van der Waals surface area contributed by atoms with E-state index in [0.717, 1.165) is 0 Å². The first-order chi connectivity index (χ1) is 7.25. The number of hydrogen-bond donors (Lipinski definition) is 1. The topological polar surface area (TPSA) is 65.8 Å². The Bertz CT molecular complexity index is 390. The van der Waals surface area contributed by atoms with Gasteiger partial charge in [0.2, 0.25) is 0 Å². The van der Waals surface area contributed by atoms with Crippen LogP contribution in [0.5, 0.6) is 0 Å². The molecule has 0 aromatic carbocycles. The molecule has 0 unspecified atom stereocenters. The van der Waals surface area contributed by atoms with Gasteiger partial charge < -0.3 is 4.90 Å². The average molecular weight is 223 g/mol. The van der Waals surface area contributed by atoms with Crippen LogP contribution in [-0.2, 0) is 0 Å². The molecular formula is C10H19N6+. The lowest BCUT2D eigenvalue weighted by molar-refractivity contribution is 0.449. The molecule has 6 heteroatoms. The van der Waals surface area contributed by atoms with Crippen molar-refractivity contribution in [3.63, 3.8) is 0 Å². The molecule has 0 saturated heterocycles. The third-order valence-corrected chi connectivity index (χ3v) is 2.30. The van der Waals surface area contributed by atoms with Crippen LogP contribution >= 0.6 is 0 Å². The van der Waals surface area contributed by atoms with Crippen LogP contribution in [0.2, 0.25) is 0 Å². The van der Waals surface area contributed by atoms with E-state index in [4.69, 9.17) is 5.41 Å². The first kappa shape index (κ1) is 12.5. The van der Waals surface area contributed by atoms with Gasteiger partial charge in [-0.05, 0) is 13.8 Å². The number of hydrogen-bond acceptors (Lipinski definition) is 4. The Labute approximate surface area is 96.1 Å². The van der Waals surface area contributed by atoms with Crippen LogP contribution in [0.4, 0.5) is 5.95 Å². The van der Waals surface area contributed by atoms with Crippen LogP contribution in [0.1, 0.15) is 11.6 Å². The Hall–Kier alpha value is -1.56. The molecule has 0 aliphatic heterocycles. The van der Waals surface area contributed by atoms with Crippen LogP contribution in [0, 0.1) is 19.3 Å². The molecule has 1 aromatic rings. The molecule has 1 heterocycles. The Morgan fingerprint density at radius 3 is 1.88 bits per heavy atom. The summed E-state index contributed by atoms with van der Waals surface area (Å²) in [6.07, 6.45) is 0. The van der Waals surface area contributed by atoms with E-state index in [0.29, 0.717) is 23.6 Å². The smallest absolute Gasteiger partial charge is 0.317 e. The highest BCUT2D eigenvalue weighted by Crippen LogP contribution is 2.14. The van der Waals surface area contributed by atoms with Gasteiger partial charge in [0.15, 0.2) is 0 Å². The van der Waals surface area contributed by atoms with Crippen LogP contribution in [0.15, 0.2) is 0 Å². The highest BCUT2D eigenvalue weighted by Gasteiger charge is 2.31. The second kappa shape index (κ2) is 4.13. The number of aryl methyl sites for hydroxylation is 2. The first-order valence-corrected chi connectivity index (χ1v) is 5.05. The summed E-state index contributed by atoms with van der Waals surface area (Å²) >= 11 is 0. The van der Waals surface area contributed by atoms with Crippen LogP contribution in [0.25, 0.3) is 0 Å². The highest BCUT2D eigenvalue weighted by atomic mass is 15.5. The van der Waals surface area contributed by atoms with Crippen LogP contribution in [-0.4, -0.2) is 54.0 Å². The molecule has 0 atom stereocenters. The van der Waals surface area contributed by atoms with Crippen molar-refractivity contribution in [1.82, 2.24) is 24.3 Å². The number of guanidine groups is 1. The van der Waals surface area contributed by atoms with Crippen molar-refractivity contribution in [1.29, 1.82) is 5.41 Å². The second-order valence-corrected chi connectivity index (χ2v) is 4.40. The van der Waals surface area contributed by atoms with Crippen LogP contribution in [0.3, 0.4) is 0 Å². The van der Waals surface area contributed by atoms with Crippen molar-refractivity contribution in [3.8, 4) is 0 Å². The fourth-order valence-corrected chi connectivity index (χ4v) is 1.44. The number of quaternary nitrogens is 1. The van der Waals surface area contributed by atoms with Gasteiger partial charge >= 0.3 is 11.9 Å². The molecule has 0 amide bonds. The van der Waals surface area contributed by atoms with Crippen molar-refractivity contribution in [2.75, 3.05) is 28.2 Å². The fraction of sp³-hybridized carbons (Fsp3) is 0.600. The maximum atomic E-state index is 8.02. The van der Waals surface area contributed by atoms with E-state index >= 15 is 0 Å². The van der Waals surface area contributed by atoms with Crippen molar-refractivity contribution in [2.45, 2.75) is 13.8 Å². The molecular weight excluding hydrogens is 204 g/mol. The van der Waals surface area contributed by atoms with Gasteiger partial charge in [0.1, 0.15) is 11.6 Å². The quantitative estimate of drug-likeness (QED) is 0.429. The van der Waals surface area contributed by atoms with E-state index < -0.39 is 0 Å². The molecule has 0 aliphatic carbocycles. The molecule has 0 saturated carbocycles. The van der Waals surface area contributed by atoms with E-state index in [2.05, 4.69) is 15.0 Å². The predicted octanol–water partition coefficient (Wildman–Crippen LogP) is 0.552. The molecule has 6 nitrogen and oxygen atoms in total. The summed E-state index contributed by atoms with van der Waals surface area (Å²) in [5, 5.41) is 8.02. The normalized spacial score (nSPS) is 11.4. The minimum absolute atomic E-state index is 0.206. The SMILES string of the molecule is Cc1nc(C)nc([N+](C)(C)C(=N)N(C)C)n1. The van der Waals surface area contributed by atoms with Gasteiger partial charge in [0.25, 0.3) is 0 Å². The molecule has 1 rings (SSSR count). The molecule has 0 bridgehead atoms. The summed E-state index contributed by atoms with van der Waals surface area (Å²) in [5.41, 5.74) is 0. The molecule has 88 valence electrons. The maximum absolute atomic E-state index is 8.02. The van der Waals surface area contributed by atoms with Crippen LogP contribution < -0.4 is 4.48 Å². The van der Waals surface area contributed by atoms with E-state index in [9.17, 15) is 0 Å². The van der Waals surface area contributed by atoms with Gasteiger partial charge in [0, 0.05) is 14.1 Å². The van der Waals surface area contributed by atoms with E-state index in [1.54, 1.807) is 4.90 Å². The summed E-state index contributed by atoms with van der Waals surface area (Å²) in [7, 11) is 7.44. The molecule has 0 fully saturated rings. The molecule has 0 aliphatic rings. The number of nitrogens with zero attached hydrogens (tertiary/aromatic N) is 5. The minimum Gasteiger partial charge on any atom is -0.317 e. The molecule has 0 radical (unpaired) electrons. The lowest BCUT2D eigenvalue weighted by atomic mass is 10.5. The van der Waals surface area contributed by atoms with Gasteiger partial charge in [-0.25, -0.2) is 10.4 Å². The third kappa shape index (κ3) is 2.33. The summed E-state index contributed by atoms with van der Waals surface area (Å²) < 4.78 is 0.206. The van der Waals surface area contributed by atoms with Crippen molar-refractivity contribution in [2.24, 2.45) is 0 Å². The van der Waals surface area contributed by atoms with Gasteiger partial charge in [-0.15, -0.1) is 0 Å². The van der Waals surface area contributed by atoms with Gasteiger partial charge in [0.05, 0.1) is 14.1 Å². The second-order valence-electron chi connectivity index (χ2n) is 4.40. The average Bonchev–Trinajstić information content (AvgIpc) is 2.14. The van der Waals surface area contributed by atoms with Crippen molar-refractivity contribution in [3.05, 3.63) is 11.6 Å². The van der Waals surface area contributed by atoms with Gasteiger partial charge in [-0.1, -0.05) is 0 Å². The standard InChI is InChI=1S/C10H19N6/c1-7-12-8(2)14-10(13-7)16(5,6)9(11)15(3)4/h11H,1-6H3/q+1. The third-order valence-electron chi connectivity index (χ3n) is 2.30. The monoisotopic (exact) mass is 223 g/mol. The fourth-order valence-electron chi connectivity index (χ4n) is 1.44. The van der Waals surface area contributed by atoms with Crippen molar-refractivity contribution < 1.29 is 0 Å². The van der Waals surface area contributed by atoms with E-state index in [1.807, 2.05) is 42.0 Å². The lowest BCUT2D eigenvalue weighted by Crippen LogP contribution is -2.53. The lowest BCUT2D eigenvalue weighted by Gasteiger charge is -2.29. The first-order valence-electron chi connectivity index (χ1n) is 5.05. The Balaban J connectivity index is 3.21. The highest BCUT2D eigenvalue weighted by molar-refractivity contribution is 5.86. The number of aromatic nitrogens is 3. The Morgan fingerprint density at radius 2 is 1.50 bits per heavy atom. The van der Waals surface area contributed by atoms with Crippen molar-refractivity contribution >= 4 is 11.9 Å².